The van der Waals surface area contributed by atoms with Crippen molar-refractivity contribution in [3.63, 3.8) is 0 Å². The number of likely N-dealkylation sites (tertiary alicyclic amines) is 1. The highest BCUT2D eigenvalue weighted by molar-refractivity contribution is 6.02. The van der Waals surface area contributed by atoms with Crippen molar-refractivity contribution in [3.8, 4) is 0 Å². The molecule has 8 heteroatoms. The average molecular weight is 503 g/mol. The number of aromatic nitrogens is 1. The zero-order valence-corrected chi connectivity index (χ0v) is 21.5. The molecule has 1 aromatic heterocycles. The van der Waals surface area contributed by atoms with E-state index in [2.05, 4.69) is 5.32 Å². The highest BCUT2D eigenvalue weighted by Crippen LogP contribution is 2.45. The maximum atomic E-state index is 13.9. The number of rotatable bonds is 9. The molecule has 5 rings (SSSR count). The average Bonchev–Trinajstić information content (AvgIpc) is 3.48. The maximum Gasteiger partial charge on any atom is 0.254 e. The molecule has 2 atom stereocenters. The number of nitrogens with one attached hydrogen (secondary N) is 1. The van der Waals surface area contributed by atoms with Crippen LogP contribution in [-0.4, -0.2) is 72.0 Å². The number of hydrogen-bond donors (Lipinski definition) is 1. The van der Waals surface area contributed by atoms with Gasteiger partial charge in [-0.05, 0) is 30.5 Å². The number of hydrogen-bond acceptors (Lipinski definition) is 4. The van der Waals surface area contributed by atoms with Gasteiger partial charge in [-0.15, -0.1) is 0 Å². The van der Waals surface area contributed by atoms with E-state index >= 15 is 0 Å². The van der Waals surface area contributed by atoms with Gasteiger partial charge in [-0.1, -0.05) is 36.4 Å². The van der Waals surface area contributed by atoms with Crippen molar-refractivity contribution in [3.05, 3.63) is 71.4 Å². The largest absolute Gasteiger partial charge is 0.383 e. The smallest absolute Gasteiger partial charge is 0.254 e. The Kier molecular flexibility index (Phi) is 7.28. The zero-order chi connectivity index (χ0) is 25.9. The second-order valence-corrected chi connectivity index (χ2v) is 9.84. The van der Waals surface area contributed by atoms with Crippen LogP contribution < -0.4 is 5.32 Å². The fourth-order valence-corrected chi connectivity index (χ4v) is 5.80. The van der Waals surface area contributed by atoms with Gasteiger partial charge in [0.1, 0.15) is 0 Å². The molecule has 2 aliphatic heterocycles. The molecular formula is C29H34N4O4. The molecule has 3 heterocycles. The van der Waals surface area contributed by atoms with Gasteiger partial charge in [-0.25, -0.2) is 0 Å². The van der Waals surface area contributed by atoms with E-state index in [1.54, 1.807) is 18.1 Å². The number of fused-ring (bicyclic) bond motifs is 2. The van der Waals surface area contributed by atoms with Gasteiger partial charge in [-0.3, -0.25) is 14.4 Å². The fraction of sp³-hybridized carbons (Fsp3) is 0.414. The summed E-state index contributed by atoms with van der Waals surface area (Å²) < 4.78 is 7.41. The lowest BCUT2D eigenvalue weighted by molar-refractivity contribution is -0.127. The summed E-state index contributed by atoms with van der Waals surface area (Å²) in [5.74, 6) is -0.601. The van der Waals surface area contributed by atoms with Crippen LogP contribution in [-0.2, 0) is 21.4 Å². The second-order valence-electron chi connectivity index (χ2n) is 9.84. The SMILES string of the molecule is COCCN1C(=O)c2ccccc2C(C(=O)NCCCN2CCCC2=O)C1c1cn(C)c2ccccc12. The third-order valence-electron chi connectivity index (χ3n) is 7.58. The molecule has 37 heavy (non-hydrogen) atoms. The van der Waals surface area contributed by atoms with Crippen molar-refractivity contribution in [1.82, 2.24) is 19.7 Å². The summed E-state index contributed by atoms with van der Waals surface area (Å²) in [6.45, 7) is 2.65. The molecule has 1 fully saturated rings. The Labute approximate surface area is 217 Å². The summed E-state index contributed by atoms with van der Waals surface area (Å²) in [5, 5.41) is 4.15. The maximum absolute atomic E-state index is 13.9. The number of amides is 3. The zero-order valence-electron chi connectivity index (χ0n) is 21.5. The number of methoxy groups -OCH3 is 1. The van der Waals surface area contributed by atoms with Gasteiger partial charge in [0.05, 0.1) is 18.6 Å². The molecular weight excluding hydrogens is 468 g/mol. The number of aryl methyl sites for hydroxylation is 1. The highest BCUT2D eigenvalue weighted by atomic mass is 16.5. The minimum atomic E-state index is -0.579. The Balaban J connectivity index is 1.50. The summed E-state index contributed by atoms with van der Waals surface area (Å²) in [4.78, 5) is 43.3. The molecule has 3 amide bonds. The third kappa shape index (κ3) is 4.73. The second kappa shape index (κ2) is 10.8. The van der Waals surface area contributed by atoms with Gasteiger partial charge in [-0.2, -0.15) is 0 Å². The van der Waals surface area contributed by atoms with Crippen molar-refractivity contribution in [2.75, 3.05) is 39.9 Å². The van der Waals surface area contributed by atoms with Gasteiger partial charge < -0.3 is 24.4 Å². The van der Waals surface area contributed by atoms with Crippen LogP contribution in [0.2, 0.25) is 0 Å². The molecule has 3 aromatic rings. The predicted molar refractivity (Wildman–Crippen MR) is 141 cm³/mol. The van der Waals surface area contributed by atoms with E-state index in [4.69, 9.17) is 4.74 Å². The first kappa shape index (κ1) is 25.0. The Morgan fingerprint density at radius 3 is 2.62 bits per heavy atom. The van der Waals surface area contributed by atoms with Gasteiger partial charge in [0.25, 0.3) is 5.91 Å². The van der Waals surface area contributed by atoms with Crippen LogP contribution in [0.25, 0.3) is 10.9 Å². The molecule has 8 nitrogen and oxygen atoms in total. The van der Waals surface area contributed by atoms with Crippen molar-refractivity contribution in [1.29, 1.82) is 0 Å². The van der Waals surface area contributed by atoms with Crippen molar-refractivity contribution in [2.45, 2.75) is 31.2 Å². The van der Waals surface area contributed by atoms with E-state index in [9.17, 15) is 14.4 Å². The van der Waals surface area contributed by atoms with Crippen LogP contribution in [0.15, 0.2) is 54.7 Å². The molecule has 1 N–H and O–H groups in total. The Bertz CT molecular complexity index is 1320. The molecule has 0 bridgehead atoms. The lowest BCUT2D eigenvalue weighted by Gasteiger charge is -2.41. The molecule has 1 saturated heterocycles. The van der Waals surface area contributed by atoms with Gasteiger partial charge >= 0.3 is 0 Å². The summed E-state index contributed by atoms with van der Waals surface area (Å²) in [6.07, 6.45) is 4.25. The van der Waals surface area contributed by atoms with Gasteiger partial charge in [0, 0.05) is 75.0 Å². The summed E-state index contributed by atoms with van der Waals surface area (Å²) in [7, 11) is 3.60. The molecule has 2 aliphatic rings. The molecule has 2 aromatic carbocycles. The van der Waals surface area contributed by atoms with E-state index in [0.717, 1.165) is 35.0 Å². The number of carbonyl (C=O) groups is 3. The van der Waals surface area contributed by atoms with Crippen LogP contribution in [0.3, 0.4) is 0 Å². The third-order valence-corrected chi connectivity index (χ3v) is 7.58. The molecule has 0 radical (unpaired) electrons. The van der Waals surface area contributed by atoms with Crippen LogP contribution >= 0.6 is 0 Å². The van der Waals surface area contributed by atoms with E-state index in [-0.39, 0.29) is 17.7 Å². The Hall–Kier alpha value is -3.65. The monoisotopic (exact) mass is 502 g/mol. The van der Waals surface area contributed by atoms with E-state index in [1.807, 2.05) is 65.2 Å². The Morgan fingerprint density at radius 2 is 1.84 bits per heavy atom. The van der Waals surface area contributed by atoms with Crippen molar-refractivity contribution in [2.24, 2.45) is 7.05 Å². The summed E-state index contributed by atoms with van der Waals surface area (Å²) in [6, 6.07) is 15.0. The first-order valence-corrected chi connectivity index (χ1v) is 13.0. The molecule has 2 unspecified atom stereocenters. The lowest BCUT2D eigenvalue weighted by Crippen LogP contribution is -2.48. The van der Waals surface area contributed by atoms with Crippen molar-refractivity contribution >= 4 is 28.6 Å². The molecule has 194 valence electrons. The molecule has 0 spiro atoms. The minimum absolute atomic E-state index is 0.0952. The lowest BCUT2D eigenvalue weighted by atomic mass is 9.79. The van der Waals surface area contributed by atoms with Crippen LogP contribution in [0.4, 0.5) is 0 Å². The fourth-order valence-electron chi connectivity index (χ4n) is 5.80. The van der Waals surface area contributed by atoms with E-state index in [0.29, 0.717) is 44.6 Å². The normalized spacial score (nSPS) is 19.5. The Morgan fingerprint density at radius 1 is 1.05 bits per heavy atom. The number of benzene rings is 2. The molecule has 0 aliphatic carbocycles. The van der Waals surface area contributed by atoms with Crippen LogP contribution in [0, 0.1) is 0 Å². The minimum Gasteiger partial charge on any atom is -0.383 e. The standard InChI is InChI=1S/C29H34N4O4/c1-31-19-23(20-9-5-6-12-24(20)31)27-26(28(35)30-14-8-16-32-15-7-13-25(32)34)21-10-3-4-11-22(21)29(36)33(27)17-18-37-2/h3-6,9-12,19,26-27H,7-8,13-18H2,1-2H3,(H,30,35). The summed E-state index contributed by atoms with van der Waals surface area (Å²) in [5.41, 5.74) is 3.29. The number of para-hydroxylation sites is 1. The van der Waals surface area contributed by atoms with Crippen LogP contribution in [0.5, 0.6) is 0 Å². The van der Waals surface area contributed by atoms with Crippen molar-refractivity contribution < 1.29 is 19.1 Å². The predicted octanol–water partition coefficient (Wildman–Crippen LogP) is 3.23. The van der Waals surface area contributed by atoms with Crippen LogP contribution in [0.1, 0.15) is 52.7 Å². The quantitative estimate of drug-likeness (QED) is 0.456. The number of ether oxygens (including phenoxy) is 1. The molecule has 0 saturated carbocycles. The van der Waals surface area contributed by atoms with Gasteiger partial charge in [0.2, 0.25) is 11.8 Å². The summed E-state index contributed by atoms with van der Waals surface area (Å²) >= 11 is 0. The first-order chi connectivity index (χ1) is 18.0. The van der Waals surface area contributed by atoms with E-state index in [1.165, 1.54) is 0 Å². The number of carbonyl (C=O) groups excluding carboxylic acids is 3. The highest BCUT2D eigenvalue weighted by Gasteiger charge is 2.44. The van der Waals surface area contributed by atoms with Gasteiger partial charge in [0.15, 0.2) is 0 Å². The van der Waals surface area contributed by atoms with E-state index < -0.39 is 12.0 Å². The topological polar surface area (TPSA) is 83.9 Å². The number of nitrogens with zero attached hydrogens (tertiary/aromatic N) is 3. The first-order valence-electron chi connectivity index (χ1n) is 13.0.